The number of aliphatic imine (C=N–C) groups is 2. The van der Waals surface area contributed by atoms with Crippen molar-refractivity contribution in [3.63, 3.8) is 0 Å². The second kappa shape index (κ2) is 5.46. The Kier molecular flexibility index (Phi) is 3.79. The van der Waals surface area contributed by atoms with Crippen molar-refractivity contribution in [2.45, 2.75) is 19.0 Å². The number of rotatable bonds is 2. The highest BCUT2D eigenvalue weighted by Crippen LogP contribution is 2.27. The smallest absolute Gasteiger partial charge is 0.148 e. The predicted molar refractivity (Wildman–Crippen MR) is 90.8 cm³/mol. The van der Waals surface area contributed by atoms with Gasteiger partial charge in [0.15, 0.2) is 0 Å². The Morgan fingerprint density at radius 2 is 2.19 bits per heavy atom. The van der Waals surface area contributed by atoms with Gasteiger partial charge in [0.05, 0.1) is 33.2 Å². The molecule has 21 heavy (non-hydrogen) atoms. The van der Waals surface area contributed by atoms with Gasteiger partial charge in [-0.3, -0.25) is 4.98 Å². The van der Waals surface area contributed by atoms with Crippen molar-refractivity contribution in [3.8, 4) is 0 Å². The fourth-order valence-corrected chi connectivity index (χ4v) is 2.60. The Morgan fingerprint density at radius 3 is 2.90 bits per heavy atom. The maximum atomic E-state index is 6.13. The third kappa shape index (κ3) is 2.60. The predicted octanol–water partition coefficient (Wildman–Crippen LogP) is 3.02. The number of fused-ring (bicyclic) bond motifs is 1. The summed E-state index contributed by atoms with van der Waals surface area (Å²) < 4.78 is 0. The first-order chi connectivity index (χ1) is 9.97. The molecule has 0 aliphatic carbocycles. The van der Waals surface area contributed by atoms with Crippen LogP contribution in [0.2, 0.25) is 5.02 Å². The van der Waals surface area contributed by atoms with E-state index < -0.39 is 6.17 Å². The minimum Gasteiger partial charge on any atom is -0.358 e. The molecular formula is C13H11Cl2N5S. The molecule has 0 amide bonds. The largest absolute Gasteiger partial charge is 0.358 e. The number of aromatic amines is 1. The number of thiocarbonyl (C=S) groups is 1. The van der Waals surface area contributed by atoms with Crippen molar-refractivity contribution in [1.82, 2.24) is 9.97 Å². The summed E-state index contributed by atoms with van der Waals surface area (Å²) in [5.74, 6) is 0.350. The Bertz CT molecular complexity index is 795. The molecule has 0 saturated carbocycles. The second-order valence-corrected chi connectivity index (χ2v) is 5.92. The van der Waals surface area contributed by atoms with E-state index in [0.717, 1.165) is 16.6 Å². The van der Waals surface area contributed by atoms with Crippen molar-refractivity contribution in [1.29, 1.82) is 0 Å². The molecule has 3 N–H and O–H groups in total. The van der Waals surface area contributed by atoms with E-state index in [9.17, 15) is 0 Å². The van der Waals surface area contributed by atoms with Crippen LogP contribution in [-0.4, -0.2) is 32.0 Å². The molecule has 0 aromatic carbocycles. The summed E-state index contributed by atoms with van der Waals surface area (Å²) in [5.41, 5.74) is 7.50. The molecule has 2 atom stereocenters. The maximum absolute atomic E-state index is 6.13. The SMILES string of the molecule is CC(C1=NC(N)C(=S)C(Cl)=N1)c1cc2c(Cl)c[nH]c2cn1. The van der Waals surface area contributed by atoms with Crippen LogP contribution in [0.15, 0.2) is 28.4 Å². The molecule has 0 radical (unpaired) electrons. The topological polar surface area (TPSA) is 79.4 Å². The summed E-state index contributed by atoms with van der Waals surface area (Å²) in [4.78, 5) is 16.3. The summed E-state index contributed by atoms with van der Waals surface area (Å²) >= 11 is 17.2. The molecular weight excluding hydrogens is 329 g/mol. The van der Waals surface area contributed by atoms with Crippen LogP contribution in [0.1, 0.15) is 18.5 Å². The van der Waals surface area contributed by atoms with Gasteiger partial charge < -0.3 is 10.7 Å². The number of hydrogen-bond donors (Lipinski definition) is 2. The Morgan fingerprint density at radius 1 is 1.43 bits per heavy atom. The van der Waals surface area contributed by atoms with Gasteiger partial charge in [-0.05, 0) is 13.0 Å². The fraction of sp³-hybridized carbons (Fsp3) is 0.231. The molecule has 3 rings (SSSR count). The zero-order valence-corrected chi connectivity index (χ0v) is 13.3. The first-order valence-electron chi connectivity index (χ1n) is 6.21. The number of nitrogens with one attached hydrogen (secondary N) is 1. The first kappa shape index (κ1) is 14.6. The van der Waals surface area contributed by atoms with Crippen LogP contribution in [0.5, 0.6) is 0 Å². The van der Waals surface area contributed by atoms with E-state index in [1.165, 1.54) is 0 Å². The van der Waals surface area contributed by atoms with E-state index in [1.54, 1.807) is 12.4 Å². The van der Waals surface area contributed by atoms with Crippen molar-refractivity contribution in [2.24, 2.45) is 15.7 Å². The van der Waals surface area contributed by atoms with Gasteiger partial charge in [0.1, 0.15) is 17.2 Å². The lowest BCUT2D eigenvalue weighted by molar-refractivity contribution is 0.878. The third-order valence-electron chi connectivity index (χ3n) is 3.32. The highest BCUT2D eigenvalue weighted by Gasteiger charge is 2.24. The van der Waals surface area contributed by atoms with Crippen LogP contribution in [0.4, 0.5) is 0 Å². The van der Waals surface area contributed by atoms with Crippen LogP contribution in [-0.2, 0) is 0 Å². The third-order valence-corrected chi connectivity index (χ3v) is 4.47. The van der Waals surface area contributed by atoms with E-state index >= 15 is 0 Å². The second-order valence-electron chi connectivity index (χ2n) is 4.71. The van der Waals surface area contributed by atoms with Crippen LogP contribution in [0.25, 0.3) is 10.9 Å². The highest BCUT2D eigenvalue weighted by atomic mass is 35.5. The zero-order chi connectivity index (χ0) is 15.1. The van der Waals surface area contributed by atoms with Gasteiger partial charge in [0.25, 0.3) is 0 Å². The van der Waals surface area contributed by atoms with Crippen LogP contribution < -0.4 is 5.73 Å². The molecule has 3 heterocycles. The van der Waals surface area contributed by atoms with E-state index in [-0.39, 0.29) is 11.1 Å². The van der Waals surface area contributed by atoms with Crippen molar-refractivity contribution in [3.05, 3.63) is 29.2 Å². The first-order valence-corrected chi connectivity index (χ1v) is 7.38. The molecule has 0 saturated heterocycles. The van der Waals surface area contributed by atoms with Crippen LogP contribution >= 0.6 is 35.4 Å². The number of H-pyrrole nitrogens is 1. The van der Waals surface area contributed by atoms with Crippen LogP contribution in [0, 0.1) is 0 Å². The fourth-order valence-electron chi connectivity index (χ4n) is 2.09. The molecule has 0 spiro atoms. The summed E-state index contributed by atoms with van der Waals surface area (Å²) in [6, 6.07) is 1.91. The lowest BCUT2D eigenvalue weighted by Gasteiger charge is -2.18. The van der Waals surface area contributed by atoms with Crippen molar-refractivity contribution < 1.29 is 0 Å². The minimum absolute atomic E-state index is 0.164. The summed E-state index contributed by atoms with van der Waals surface area (Å²) in [6.45, 7) is 1.93. The van der Waals surface area contributed by atoms with E-state index in [0.29, 0.717) is 15.7 Å². The number of pyridine rings is 1. The van der Waals surface area contributed by atoms with Gasteiger partial charge in [-0.15, -0.1) is 0 Å². The van der Waals surface area contributed by atoms with Gasteiger partial charge in [0, 0.05) is 11.6 Å². The lowest BCUT2D eigenvalue weighted by Crippen LogP contribution is -2.36. The van der Waals surface area contributed by atoms with Crippen LogP contribution in [0.3, 0.4) is 0 Å². The van der Waals surface area contributed by atoms with Gasteiger partial charge in [-0.2, -0.15) is 0 Å². The number of aromatic nitrogens is 2. The summed E-state index contributed by atoms with van der Waals surface area (Å²) in [7, 11) is 0. The highest BCUT2D eigenvalue weighted by molar-refractivity contribution is 7.82. The number of halogens is 2. The van der Waals surface area contributed by atoms with E-state index in [1.807, 2.05) is 13.0 Å². The van der Waals surface area contributed by atoms with E-state index in [2.05, 4.69) is 20.0 Å². The summed E-state index contributed by atoms with van der Waals surface area (Å²) in [6.07, 6.45) is 2.82. The average molecular weight is 340 g/mol. The quantitative estimate of drug-likeness (QED) is 0.825. The Labute approximate surface area is 136 Å². The van der Waals surface area contributed by atoms with E-state index in [4.69, 9.17) is 41.2 Å². The number of hydrogen-bond acceptors (Lipinski definition) is 5. The van der Waals surface area contributed by atoms with Gasteiger partial charge in [-0.25, -0.2) is 9.98 Å². The molecule has 1 aliphatic rings. The van der Waals surface area contributed by atoms with Crippen molar-refractivity contribution >= 4 is 62.2 Å². The molecule has 0 bridgehead atoms. The molecule has 2 unspecified atom stereocenters. The monoisotopic (exact) mass is 339 g/mol. The molecule has 5 nitrogen and oxygen atoms in total. The minimum atomic E-state index is -0.637. The molecule has 0 fully saturated rings. The molecule has 2 aromatic rings. The summed E-state index contributed by atoms with van der Waals surface area (Å²) in [5, 5.41) is 1.76. The maximum Gasteiger partial charge on any atom is 0.148 e. The lowest BCUT2D eigenvalue weighted by atomic mass is 10.0. The number of nitrogens with zero attached hydrogens (tertiary/aromatic N) is 3. The Balaban J connectivity index is 2.00. The Hall–Kier alpha value is -1.34. The molecule has 8 heteroatoms. The normalized spacial score (nSPS) is 20.4. The molecule has 108 valence electrons. The number of amidine groups is 1. The molecule has 1 aliphatic heterocycles. The zero-order valence-electron chi connectivity index (χ0n) is 11.0. The average Bonchev–Trinajstić information content (AvgIpc) is 2.84. The van der Waals surface area contributed by atoms with Gasteiger partial charge in [0.2, 0.25) is 0 Å². The van der Waals surface area contributed by atoms with Gasteiger partial charge >= 0.3 is 0 Å². The van der Waals surface area contributed by atoms with Crippen molar-refractivity contribution in [2.75, 3.05) is 0 Å². The number of nitrogens with two attached hydrogens (primary N) is 1. The molecule has 2 aromatic heterocycles. The standard InChI is InChI=1S/C13H11Cl2N5S/c1-5(13-19-11(15)10(21)12(16)20-13)8-2-6-7(14)3-17-9(6)4-18-8/h2-5,12,17H,16H2,1H3. The van der Waals surface area contributed by atoms with Gasteiger partial charge in [-0.1, -0.05) is 35.4 Å².